The summed E-state index contributed by atoms with van der Waals surface area (Å²) in [6, 6.07) is 7.30. The number of fused-ring (bicyclic) bond motifs is 1. The normalized spacial score (nSPS) is 14.9. The lowest BCUT2D eigenvalue weighted by molar-refractivity contribution is -0.121. The second-order valence-corrected chi connectivity index (χ2v) is 6.92. The second kappa shape index (κ2) is 6.05. The highest BCUT2D eigenvalue weighted by Crippen LogP contribution is 2.45. The van der Waals surface area contributed by atoms with Crippen LogP contribution in [0.1, 0.15) is 35.7 Å². The fourth-order valence-electron chi connectivity index (χ4n) is 3.20. The van der Waals surface area contributed by atoms with E-state index in [2.05, 4.69) is 19.9 Å². The minimum absolute atomic E-state index is 0.141. The Morgan fingerprint density at radius 2 is 1.78 bits per heavy atom. The van der Waals surface area contributed by atoms with Crippen LogP contribution in [0.3, 0.4) is 0 Å². The van der Waals surface area contributed by atoms with Crippen LogP contribution in [0.2, 0.25) is 0 Å². The summed E-state index contributed by atoms with van der Waals surface area (Å²) in [4.78, 5) is 42.6. The molecular formula is C20H17N5O2. The molecule has 1 aliphatic rings. The highest BCUT2D eigenvalue weighted by molar-refractivity contribution is 6.12. The Morgan fingerprint density at radius 1 is 1.04 bits per heavy atom. The monoisotopic (exact) mass is 359 g/mol. The van der Waals surface area contributed by atoms with Gasteiger partial charge >= 0.3 is 0 Å². The highest BCUT2D eigenvalue weighted by Gasteiger charge is 2.45. The number of benzene rings is 1. The van der Waals surface area contributed by atoms with Crippen LogP contribution in [0.15, 0.2) is 42.9 Å². The summed E-state index contributed by atoms with van der Waals surface area (Å²) in [5, 5.41) is 0. The summed E-state index contributed by atoms with van der Waals surface area (Å²) in [7, 11) is 0. The summed E-state index contributed by atoms with van der Waals surface area (Å²) in [6.45, 7) is 5.56. The van der Waals surface area contributed by atoms with Gasteiger partial charge < -0.3 is 0 Å². The molecule has 7 heteroatoms. The number of anilines is 2. The van der Waals surface area contributed by atoms with Gasteiger partial charge in [0.2, 0.25) is 11.9 Å². The average molecular weight is 359 g/mol. The van der Waals surface area contributed by atoms with Crippen molar-refractivity contribution >= 4 is 23.8 Å². The third-order valence-electron chi connectivity index (χ3n) is 4.75. The molecule has 4 rings (SSSR count). The molecule has 0 aliphatic carbocycles. The van der Waals surface area contributed by atoms with Gasteiger partial charge in [-0.25, -0.2) is 24.8 Å². The molecule has 134 valence electrons. The average Bonchev–Trinajstić information content (AvgIpc) is 2.88. The predicted octanol–water partition coefficient (Wildman–Crippen LogP) is 3.01. The molecule has 0 N–H and O–H groups in total. The smallest absolute Gasteiger partial charge is 0.244 e. The first kappa shape index (κ1) is 17.0. The molecule has 0 atom stereocenters. The van der Waals surface area contributed by atoms with E-state index < -0.39 is 5.41 Å². The number of carbonyl (C=O) groups is 2. The van der Waals surface area contributed by atoms with Crippen LogP contribution in [0.25, 0.3) is 11.1 Å². The molecule has 0 bridgehead atoms. The Morgan fingerprint density at radius 3 is 2.48 bits per heavy atom. The van der Waals surface area contributed by atoms with Crippen molar-refractivity contribution in [3.8, 4) is 11.1 Å². The summed E-state index contributed by atoms with van der Waals surface area (Å²) in [5.74, 6) is 0.739. The van der Waals surface area contributed by atoms with Crippen LogP contribution in [0.4, 0.5) is 11.6 Å². The zero-order valence-electron chi connectivity index (χ0n) is 15.2. The van der Waals surface area contributed by atoms with Gasteiger partial charge in [0, 0.05) is 24.2 Å². The highest BCUT2D eigenvalue weighted by atomic mass is 16.2. The Kier molecular flexibility index (Phi) is 3.80. The van der Waals surface area contributed by atoms with Crippen molar-refractivity contribution in [1.29, 1.82) is 0 Å². The molecule has 2 aromatic heterocycles. The van der Waals surface area contributed by atoms with E-state index in [9.17, 15) is 9.59 Å². The van der Waals surface area contributed by atoms with Crippen LogP contribution >= 0.6 is 0 Å². The Bertz CT molecular complexity index is 1060. The van der Waals surface area contributed by atoms with Crippen molar-refractivity contribution in [3.05, 3.63) is 59.9 Å². The molecule has 0 saturated carbocycles. The second-order valence-electron chi connectivity index (χ2n) is 6.92. The van der Waals surface area contributed by atoms with Crippen molar-refractivity contribution in [2.75, 3.05) is 4.90 Å². The maximum Gasteiger partial charge on any atom is 0.244 e. The molecule has 0 saturated heterocycles. The molecule has 0 spiro atoms. The standard InChI is InChI=1S/C20H17N5O2/c1-12-22-9-14(10-23-12)13-4-5-16-17(8-13)25(18(27)20(16,2)3)19-21-7-6-15(11-26)24-19/h4-11H,1-3H3. The number of hydrogen-bond acceptors (Lipinski definition) is 6. The lowest BCUT2D eigenvalue weighted by atomic mass is 9.85. The first-order valence-corrected chi connectivity index (χ1v) is 8.48. The van der Waals surface area contributed by atoms with Crippen LogP contribution in [0.5, 0.6) is 0 Å². The minimum Gasteiger partial charge on any atom is -0.296 e. The number of rotatable bonds is 3. The maximum atomic E-state index is 13.1. The van der Waals surface area contributed by atoms with E-state index in [0.29, 0.717) is 17.8 Å². The van der Waals surface area contributed by atoms with Crippen molar-refractivity contribution in [3.63, 3.8) is 0 Å². The molecule has 0 fully saturated rings. The van der Waals surface area contributed by atoms with E-state index in [1.54, 1.807) is 12.4 Å². The van der Waals surface area contributed by atoms with Crippen molar-refractivity contribution < 1.29 is 9.59 Å². The van der Waals surface area contributed by atoms with Gasteiger partial charge in [0.25, 0.3) is 0 Å². The molecule has 1 aromatic carbocycles. The molecule has 1 aliphatic heterocycles. The number of amides is 1. The minimum atomic E-state index is -0.724. The summed E-state index contributed by atoms with van der Waals surface area (Å²) in [5.41, 5.74) is 2.81. The van der Waals surface area contributed by atoms with Gasteiger partial charge in [-0.1, -0.05) is 12.1 Å². The summed E-state index contributed by atoms with van der Waals surface area (Å²) >= 11 is 0. The van der Waals surface area contributed by atoms with Crippen LogP contribution < -0.4 is 4.90 Å². The van der Waals surface area contributed by atoms with Crippen LogP contribution in [0, 0.1) is 6.92 Å². The molecular weight excluding hydrogens is 342 g/mol. The van der Waals surface area contributed by atoms with E-state index in [1.807, 2.05) is 39.0 Å². The van der Waals surface area contributed by atoms with E-state index in [1.165, 1.54) is 17.2 Å². The fraction of sp³-hybridized carbons (Fsp3) is 0.200. The molecule has 3 aromatic rings. The topological polar surface area (TPSA) is 88.9 Å². The Balaban J connectivity index is 1.88. The third-order valence-corrected chi connectivity index (χ3v) is 4.75. The predicted molar refractivity (Wildman–Crippen MR) is 99.8 cm³/mol. The Hall–Kier alpha value is -3.48. The maximum absolute atomic E-state index is 13.1. The fourth-order valence-corrected chi connectivity index (χ4v) is 3.20. The zero-order valence-corrected chi connectivity index (χ0v) is 15.2. The van der Waals surface area contributed by atoms with E-state index in [-0.39, 0.29) is 17.5 Å². The number of carbonyl (C=O) groups excluding carboxylic acids is 2. The van der Waals surface area contributed by atoms with Crippen LogP contribution in [-0.2, 0) is 10.2 Å². The largest absolute Gasteiger partial charge is 0.296 e. The van der Waals surface area contributed by atoms with Gasteiger partial charge in [0.1, 0.15) is 11.5 Å². The van der Waals surface area contributed by atoms with E-state index >= 15 is 0 Å². The van der Waals surface area contributed by atoms with Crippen LogP contribution in [-0.4, -0.2) is 32.1 Å². The third kappa shape index (κ3) is 2.68. The Labute approximate surface area is 156 Å². The zero-order chi connectivity index (χ0) is 19.2. The number of aromatic nitrogens is 4. The SMILES string of the molecule is Cc1ncc(-c2ccc3c(c2)N(c2nccc(C=O)n2)C(=O)C3(C)C)cn1. The lowest BCUT2D eigenvalue weighted by Crippen LogP contribution is -2.34. The number of hydrogen-bond donors (Lipinski definition) is 0. The van der Waals surface area contributed by atoms with Gasteiger partial charge in [0.15, 0.2) is 6.29 Å². The van der Waals surface area contributed by atoms with Crippen molar-refractivity contribution in [1.82, 2.24) is 19.9 Å². The number of nitrogens with zero attached hydrogens (tertiary/aromatic N) is 5. The number of aryl methyl sites for hydroxylation is 1. The lowest BCUT2D eigenvalue weighted by Gasteiger charge is -2.18. The van der Waals surface area contributed by atoms with Gasteiger partial charge in [-0.3, -0.25) is 9.59 Å². The molecule has 3 heterocycles. The molecule has 0 radical (unpaired) electrons. The van der Waals surface area contributed by atoms with Crippen molar-refractivity contribution in [2.45, 2.75) is 26.2 Å². The molecule has 0 unspecified atom stereocenters. The van der Waals surface area contributed by atoms with Crippen molar-refractivity contribution in [2.24, 2.45) is 0 Å². The number of aldehydes is 1. The molecule has 7 nitrogen and oxygen atoms in total. The van der Waals surface area contributed by atoms with Gasteiger partial charge in [-0.05, 0) is 44.0 Å². The first-order valence-electron chi connectivity index (χ1n) is 8.48. The summed E-state index contributed by atoms with van der Waals surface area (Å²) < 4.78 is 0. The summed E-state index contributed by atoms with van der Waals surface area (Å²) in [6.07, 6.45) is 5.61. The van der Waals surface area contributed by atoms with E-state index in [0.717, 1.165) is 16.7 Å². The van der Waals surface area contributed by atoms with Gasteiger partial charge in [0.05, 0.1) is 11.1 Å². The molecule has 1 amide bonds. The van der Waals surface area contributed by atoms with E-state index in [4.69, 9.17) is 0 Å². The quantitative estimate of drug-likeness (QED) is 0.668. The van der Waals surface area contributed by atoms with Gasteiger partial charge in [-0.15, -0.1) is 0 Å². The van der Waals surface area contributed by atoms with Gasteiger partial charge in [-0.2, -0.15) is 0 Å². The molecule has 27 heavy (non-hydrogen) atoms. The first-order chi connectivity index (χ1) is 12.9.